The summed E-state index contributed by atoms with van der Waals surface area (Å²) >= 11 is 0. The van der Waals surface area contributed by atoms with E-state index in [0.717, 1.165) is 38.2 Å². The molecule has 0 bridgehead atoms. The molecule has 0 atom stereocenters. The molecule has 0 amide bonds. The summed E-state index contributed by atoms with van der Waals surface area (Å²) in [6, 6.07) is 4.14. The van der Waals surface area contributed by atoms with Crippen molar-refractivity contribution < 1.29 is 38.1 Å². The molecule has 1 saturated carbocycles. The number of hydrogen-bond acceptors (Lipinski definition) is 8. The fraction of sp³-hybridized carbons (Fsp3) is 0.455. The Morgan fingerprint density at radius 2 is 1.73 bits per heavy atom. The summed E-state index contributed by atoms with van der Waals surface area (Å²) < 4.78 is 20.3. The first-order chi connectivity index (χ1) is 14.5. The van der Waals surface area contributed by atoms with Crippen LogP contribution >= 0.6 is 0 Å². The summed E-state index contributed by atoms with van der Waals surface area (Å²) in [4.78, 5) is 46.5. The van der Waals surface area contributed by atoms with Crippen molar-refractivity contribution in [3.05, 3.63) is 36.4 Å². The first-order valence-electron chi connectivity index (χ1n) is 9.97. The van der Waals surface area contributed by atoms with E-state index in [1.54, 1.807) is 0 Å². The van der Waals surface area contributed by atoms with Gasteiger partial charge in [0.2, 0.25) is 0 Å². The Bertz CT molecular complexity index is 764. The Labute approximate surface area is 175 Å². The van der Waals surface area contributed by atoms with Crippen molar-refractivity contribution in [3.8, 4) is 11.5 Å². The summed E-state index contributed by atoms with van der Waals surface area (Å²) in [5.41, 5.74) is -0.00315. The van der Waals surface area contributed by atoms with Gasteiger partial charge >= 0.3 is 17.9 Å². The lowest BCUT2D eigenvalue weighted by molar-refractivity contribution is -0.140. The predicted octanol–water partition coefficient (Wildman–Crippen LogP) is 3.37. The lowest BCUT2D eigenvalue weighted by atomic mass is 9.89. The summed E-state index contributed by atoms with van der Waals surface area (Å²) in [5, 5.41) is 0. The van der Waals surface area contributed by atoms with Crippen LogP contribution in [0.5, 0.6) is 11.5 Å². The van der Waals surface area contributed by atoms with Gasteiger partial charge in [-0.25, -0.2) is 9.59 Å². The number of unbranched alkanes of at least 4 members (excludes halogenated alkanes) is 1. The standard InChI is InChI=1S/C22H26O8/c1-2-20(24)27-12-6-7-13-28-22(26)18-14-17(29-15-23)10-11-19(18)30-21(25)16-8-4-3-5-9-16/h2,10-11,14-16H,1,3-9,12-13H2. The van der Waals surface area contributed by atoms with Crippen molar-refractivity contribution in [1.82, 2.24) is 0 Å². The van der Waals surface area contributed by atoms with E-state index in [1.165, 1.54) is 18.2 Å². The molecule has 1 aromatic carbocycles. The Morgan fingerprint density at radius 1 is 1.03 bits per heavy atom. The van der Waals surface area contributed by atoms with Crippen LogP contribution in [0.1, 0.15) is 55.3 Å². The van der Waals surface area contributed by atoms with Gasteiger partial charge < -0.3 is 18.9 Å². The zero-order valence-corrected chi connectivity index (χ0v) is 16.8. The van der Waals surface area contributed by atoms with Crippen LogP contribution in [0.4, 0.5) is 0 Å². The molecule has 1 aliphatic rings. The summed E-state index contributed by atoms with van der Waals surface area (Å²) in [7, 11) is 0. The summed E-state index contributed by atoms with van der Waals surface area (Å²) in [6.45, 7) is 3.81. The molecular formula is C22H26O8. The first kappa shape index (κ1) is 23.1. The van der Waals surface area contributed by atoms with E-state index in [2.05, 4.69) is 6.58 Å². The zero-order valence-electron chi connectivity index (χ0n) is 16.8. The molecule has 8 nitrogen and oxygen atoms in total. The molecule has 0 radical (unpaired) electrons. The Balaban J connectivity index is 1.96. The number of rotatable bonds is 11. The number of ether oxygens (including phenoxy) is 4. The third-order valence-electron chi connectivity index (χ3n) is 4.69. The largest absolute Gasteiger partial charge is 0.463 e. The van der Waals surface area contributed by atoms with Gasteiger partial charge in [-0.15, -0.1) is 0 Å². The number of benzene rings is 1. The molecule has 30 heavy (non-hydrogen) atoms. The molecule has 0 aliphatic heterocycles. The Hall–Kier alpha value is -3.16. The second kappa shape index (κ2) is 12.4. The van der Waals surface area contributed by atoms with Gasteiger partial charge in [0.25, 0.3) is 6.47 Å². The van der Waals surface area contributed by atoms with Crippen LogP contribution in [0.15, 0.2) is 30.9 Å². The minimum Gasteiger partial charge on any atom is -0.463 e. The highest BCUT2D eigenvalue weighted by molar-refractivity contribution is 5.94. The molecule has 0 saturated heterocycles. The third-order valence-corrected chi connectivity index (χ3v) is 4.69. The quantitative estimate of drug-likeness (QED) is 0.177. The smallest absolute Gasteiger partial charge is 0.342 e. The molecular weight excluding hydrogens is 392 g/mol. The number of hydrogen-bond donors (Lipinski definition) is 0. The topological polar surface area (TPSA) is 105 Å². The van der Waals surface area contributed by atoms with Gasteiger partial charge in [0.1, 0.15) is 17.1 Å². The maximum absolute atomic E-state index is 12.5. The fourth-order valence-electron chi connectivity index (χ4n) is 3.09. The van der Waals surface area contributed by atoms with Gasteiger partial charge in [-0.1, -0.05) is 25.8 Å². The Kier molecular flexibility index (Phi) is 9.57. The van der Waals surface area contributed by atoms with Crippen LogP contribution in [0.3, 0.4) is 0 Å². The average molecular weight is 418 g/mol. The SMILES string of the molecule is C=CC(=O)OCCCCOC(=O)c1cc(OC=O)ccc1OC(=O)C1CCCCC1. The van der Waals surface area contributed by atoms with E-state index in [4.69, 9.17) is 18.9 Å². The van der Waals surface area contributed by atoms with E-state index in [1.807, 2.05) is 0 Å². The van der Waals surface area contributed by atoms with Gasteiger partial charge in [-0.2, -0.15) is 0 Å². The van der Waals surface area contributed by atoms with Crippen LogP contribution in [0.2, 0.25) is 0 Å². The lowest BCUT2D eigenvalue weighted by Crippen LogP contribution is -2.23. The first-order valence-corrected chi connectivity index (χ1v) is 9.97. The van der Waals surface area contributed by atoms with Gasteiger partial charge in [-0.05, 0) is 43.9 Å². The third kappa shape index (κ3) is 7.35. The minimum absolute atomic E-state index is 0.00315. The van der Waals surface area contributed by atoms with E-state index < -0.39 is 11.9 Å². The summed E-state index contributed by atoms with van der Waals surface area (Å²) in [6.07, 6.45) is 6.63. The monoisotopic (exact) mass is 418 g/mol. The molecule has 1 aliphatic carbocycles. The van der Waals surface area contributed by atoms with Crippen molar-refractivity contribution in [2.75, 3.05) is 13.2 Å². The highest BCUT2D eigenvalue weighted by Crippen LogP contribution is 2.29. The van der Waals surface area contributed by atoms with E-state index in [0.29, 0.717) is 12.8 Å². The maximum atomic E-state index is 12.5. The van der Waals surface area contributed by atoms with E-state index in [9.17, 15) is 19.2 Å². The van der Waals surface area contributed by atoms with Crippen molar-refractivity contribution in [2.24, 2.45) is 5.92 Å². The fourth-order valence-corrected chi connectivity index (χ4v) is 3.09. The molecule has 0 aromatic heterocycles. The van der Waals surface area contributed by atoms with Crippen LogP contribution < -0.4 is 9.47 Å². The van der Waals surface area contributed by atoms with Crippen LogP contribution in [0, 0.1) is 5.92 Å². The van der Waals surface area contributed by atoms with Gasteiger partial charge in [0, 0.05) is 6.08 Å². The van der Waals surface area contributed by atoms with Gasteiger partial charge in [-0.3, -0.25) is 9.59 Å². The predicted molar refractivity (Wildman–Crippen MR) is 106 cm³/mol. The summed E-state index contributed by atoms with van der Waals surface area (Å²) in [5.74, 6) is -1.59. The van der Waals surface area contributed by atoms with Crippen LogP contribution in [0.25, 0.3) is 0 Å². The minimum atomic E-state index is -0.708. The highest BCUT2D eigenvalue weighted by Gasteiger charge is 2.25. The van der Waals surface area contributed by atoms with Crippen molar-refractivity contribution in [1.29, 1.82) is 0 Å². The lowest BCUT2D eigenvalue weighted by Gasteiger charge is -2.20. The molecule has 162 valence electrons. The van der Waals surface area contributed by atoms with Gasteiger partial charge in [0.05, 0.1) is 19.1 Å². The van der Waals surface area contributed by atoms with Crippen molar-refractivity contribution in [2.45, 2.75) is 44.9 Å². The van der Waals surface area contributed by atoms with Crippen LogP contribution in [-0.4, -0.2) is 37.6 Å². The molecule has 8 heteroatoms. The van der Waals surface area contributed by atoms with Crippen LogP contribution in [-0.2, 0) is 23.9 Å². The zero-order chi connectivity index (χ0) is 21.8. The normalized spacial score (nSPS) is 13.7. The number of carbonyl (C=O) groups is 4. The molecule has 0 unspecified atom stereocenters. The van der Waals surface area contributed by atoms with E-state index >= 15 is 0 Å². The second-order valence-electron chi connectivity index (χ2n) is 6.84. The Morgan fingerprint density at radius 3 is 2.40 bits per heavy atom. The molecule has 0 N–H and O–H groups in total. The number of carbonyl (C=O) groups excluding carboxylic acids is 4. The van der Waals surface area contributed by atoms with Crippen molar-refractivity contribution in [3.63, 3.8) is 0 Å². The molecule has 1 fully saturated rings. The van der Waals surface area contributed by atoms with E-state index in [-0.39, 0.29) is 48.6 Å². The average Bonchev–Trinajstić information content (AvgIpc) is 2.77. The maximum Gasteiger partial charge on any atom is 0.342 e. The second-order valence-corrected chi connectivity index (χ2v) is 6.84. The molecule has 1 aromatic rings. The molecule has 2 rings (SSSR count). The molecule has 0 heterocycles. The number of esters is 3. The van der Waals surface area contributed by atoms with Crippen molar-refractivity contribution >= 4 is 24.4 Å². The highest BCUT2D eigenvalue weighted by atomic mass is 16.6. The van der Waals surface area contributed by atoms with Gasteiger partial charge in [0.15, 0.2) is 0 Å². The molecule has 0 spiro atoms.